The molecular weight excluding hydrogens is 323 g/mol. The molecule has 1 aromatic carbocycles. The fraction of sp³-hybridized carbons (Fsp3) is 0.500. The first-order chi connectivity index (χ1) is 10.2. The Morgan fingerprint density at radius 3 is 2.18 bits per heavy atom. The molecule has 3 amide bonds. The minimum Gasteiger partial charge on any atom is -0.309 e. The van der Waals surface area contributed by atoms with E-state index in [9.17, 15) is 9.59 Å². The maximum absolute atomic E-state index is 13.2. The normalized spacial score (nSPS) is 25.1. The molecule has 4 nitrogen and oxygen atoms in total. The topological polar surface area (TPSA) is 40.6 Å². The van der Waals surface area contributed by atoms with Crippen LogP contribution in [0.4, 0.5) is 10.5 Å². The summed E-state index contributed by atoms with van der Waals surface area (Å²) >= 11 is 12.0. The highest BCUT2D eigenvalue weighted by molar-refractivity contribution is 6.35. The molecule has 2 aliphatic rings. The predicted molar refractivity (Wildman–Crippen MR) is 87.5 cm³/mol. The second kappa shape index (κ2) is 4.87. The number of benzene rings is 1. The van der Waals surface area contributed by atoms with E-state index in [4.69, 9.17) is 23.2 Å². The fourth-order valence-corrected chi connectivity index (χ4v) is 4.20. The minimum absolute atomic E-state index is 0.180. The second-order valence-corrected chi connectivity index (χ2v) is 7.79. The SMILES string of the molecule is CC(C)(C)C12CCCN1C(=O)N(c1cc(Cl)cc(Cl)c1)C2=O. The summed E-state index contributed by atoms with van der Waals surface area (Å²) in [4.78, 5) is 28.9. The zero-order valence-corrected chi connectivity index (χ0v) is 14.3. The van der Waals surface area contributed by atoms with Crippen molar-refractivity contribution in [3.63, 3.8) is 0 Å². The van der Waals surface area contributed by atoms with E-state index in [1.54, 1.807) is 23.1 Å². The first-order valence-electron chi connectivity index (χ1n) is 7.31. The molecule has 6 heteroatoms. The second-order valence-electron chi connectivity index (χ2n) is 6.92. The third-order valence-electron chi connectivity index (χ3n) is 4.71. The fourth-order valence-electron chi connectivity index (χ4n) is 3.69. The molecule has 1 atom stereocenters. The van der Waals surface area contributed by atoms with Crippen LogP contribution in [0.3, 0.4) is 0 Å². The van der Waals surface area contributed by atoms with Crippen LogP contribution in [0.15, 0.2) is 18.2 Å². The van der Waals surface area contributed by atoms with Gasteiger partial charge in [0.15, 0.2) is 0 Å². The number of carbonyl (C=O) groups is 2. The standard InChI is InChI=1S/C16H18Cl2N2O2/c1-15(2,3)16-5-4-6-19(16)14(22)20(13(16)21)12-8-10(17)7-11(18)9-12/h7-9H,4-6H2,1-3H3. The van der Waals surface area contributed by atoms with E-state index in [-0.39, 0.29) is 17.4 Å². The van der Waals surface area contributed by atoms with Crippen LogP contribution in [-0.4, -0.2) is 28.9 Å². The van der Waals surface area contributed by atoms with Gasteiger partial charge in [0.2, 0.25) is 0 Å². The average molecular weight is 341 g/mol. The molecule has 0 radical (unpaired) electrons. The molecule has 2 saturated heterocycles. The zero-order chi connectivity index (χ0) is 16.3. The molecule has 0 saturated carbocycles. The largest absolute Gasteiger partial charge is 0.332 e. The number of fused-ring (bicyclic) bond motifs is 1. The van der Waals surface area contributed by atoms with Gasteiger partial charge < -0.3 is 4.90 Å². The van der Waals surface area contributed by atoms with E-state index in [1.165, 1.54) is 4.90 Å². The van der Waals surface area contributed by atoms with Crippen molar-refractivity contribution < 1.29 is 9.59 Å². The van der Waals surface area contributed by atoms with Crippen molar-refractivity contribution in [1.29, 1.82) is 0 Å². The molecule has 2 fully saturated rings. The van der Waals surface area contributed by atoms with Crippen LogP contribution in [0.2, 0.25) is 10.0 Å². The maximum atomic E-state index is 13.2. The van der Waals surface area contributed by atoms with Crippen LogP contribution < -0.4 is 4.90 Å². The lowest BCUT2D eigenvalue weighted by atomic mass is 9.71. The number of hydrogen-bond donors (Lipinski definition) is 0. The van der Waals surface area contributed by atoms with E-state index in [2.05, 4.69) is 0 Å². The molecule has 1 unspecified atom stereocenters. The van der Waals surface area contributed by atoms with E-state index < -0.39 is 5.54 Å². The number of hydrogen-bond acceptors (Lipinski definition) is 2. The van der Waals surface area contributed by atoms with Crippen LogP contribution >= 0.6 is 23.2 Å². The molecule has 0 bridgehead atoms. The third-order valence-corrected chi connectivity index (χ3v) is 5.14. The quantitative estimate of drug-likeness (QED) is 0.713. The number of imide groups is 1. The monoisotopic (exact) mass is 340 g/mol. The van der Waals surface area contributed by atoms with Crippen LogP contribution in [-0.2, 0) is 4.79 Å². The molecule has 0 aromatic heterocycles. The molecule has 0 N–H and O–H groups in total. The van der Waals surface area contributed by atoms with Crippen LogP contribution in [0.5, 0.6) is 0 Å². The van der Waals surface area contributed by atoms with Crippen molar-refractivity contribution in [2.75, 3.05) is 11.4 Å². The molecule has 0 spiro atoms. The summed E-state index contributed by atoms with van der Waals surface area (Å²) in [6.07, 6.45) is 1.53. The van der Waals surface area contributed by atoms with Gasteiger partial charge in [-0.15, -0.1) is 0 Å². The first-order valence-corrected chi connectivity index (χ1v) is 8.06. The Labute approximate surface area is 140 Å². The number of halogens is 2. The summed E-state index contributed by atoms with van der Waals surface area (Å²) in [7, 11) is 0. The molecule has 0 aliphatic carbocycles. The summed E-state index contributed by atoms with van der Waals surface area (Å²) in [6, 6.07) is 4.50. The summed E-state index contributed by atoms with van der Waals surface area (Å²) in [5, 5.41) is 0.805. The van der Waals surface area contributed by atoms with Gasteiger partial charge in [0.25, 0.3) is 5.91 Å². The van der Waals surface area contributed by atoms with Crippen molar-refractivity contribution in [1.82, 2.24) is 4.90 Å². The first kappa shape index (κ1) is 15.6. The molecule has 1 aromatic rings. The number of carbonyl (C=O) groups excluding carboxylic acids is 2. The van der Waals surface area contributed by atoms with E-state index >= 15 is 0 Å². The van der Waals surface area contributed by atoms with Gasteiger partial charge in [-0.1, -0.05) is 44.0 Å². The number of amides is 3. The molecular formula is C16H18Cl2N2O2. The van der Waals surface area contributed by atoms with Crippen molar-refractivity contribution in [2.24, 2.45) is 5.41 Å². The lowest BCUT2D eigenvalue weighted by molar-refractivity contribution is -0.129. The van der Waals surface area contributed by atoms with Crippen LogP contribution in [0.1, 0.15) is 33.6 Å². The van der Waals surface area contributed by atoms with Crippen LogP contribution in [0, 0.1) is 5.41 Å². The number of rotatable bonds is 1. The van der Waals surface area contributed by atoms with Gasteiger partial charge in [0.05, 0.1) is 5.69 Å². The zero-order valence-electron chi connectivity index (χ0n) is 12.8. The highest BCUT2D eigenvalue weighted by Crippen LogP contribution is 2.50. The number of anilines is 1. The Kier molecular flexibility index (Phi) is 3.46. The summed E-state index contributed by atoms with van der Waals surface area (Å²) in [5.41, 5.74) is -0.683. The number of urea groups is 1. The average Bonchev–Trinajstić information content (AvgIpc) is 2.89. The summed E-state index contributed by atoms with van der Waals surface area (Å²) < 4.78 is 0. The number of nitrogens with zero attached hydrogens (tertiary/aromatic N) is 2. The highest BCUT2D eigenvalue weighted by atomic mass is 35.5. The van der Waals surface area contributed by atoms with Gasteiger partial charge in [-0.2, -0.15) is 0 Å². The van der Waals surface area contributed by atoms with Gasteiger partial charge in [-0.3, -0.25) is 4.79 Å². The lowest BCUT2D eigenvalue weighted by Crippen LogP contribution is -2.55. The summed E-state index contributed by atoms with van der Waals surface area (Å²) in [5.74, 6) is -0.180. The Balaban J connectivity index is 2.13. The van der Waals surface area contributed by atoms with Crippen molar-refractivity contribution in [3.8, 4) is 0 Å². The Morgan fingerprint density at radius 2 is 1.68 bits per heavy atom. The Bertz CT molecular complexity index is 648. The van der Waals surface area contributed by atoms with Gasteiger partial charge in [0, 0.05) is 16.6 Å². The predicted octanol–water partition coefficient (Wildman–Crippen LogP) is 4.34. The Hall–Kier alpha value is -1.26. The van der Waals surface area contributed by atoms with E-state index in [1.807, 2.05) is 20.8 Å². The third kappa shape index (κ3) is 1.97. The maximum Gasteiger partial charge on any atom is 0.332 e. The smallest absolute Gasteiger partial charge is 0.309 e. The van der Waals surface area contributed by atoms with Gasteiger partial charge in [-0.25, -0.2) is 9.69 Å². The highest BCUT2D eigenvalue weighted by Gasteiger charge is 2.65. The van der Waals surface area contributed by atoms with Crippen molar-refractivity contribution in [2.45, 2.75) is 39.2 Å². The van der Waals surface area contributed by atoms with Gasteiger partial charge in [-0.05, 0) is 36.5 Å². The van der Waals surface area contributed by atoms with Gasteiger partial charge in [0.1, 0.15) is 5.54 Å². The Morgan fingerprint density at radius 1 is 1.09 bits per heavy atom. The minimum atomic E-state index is -0.779. The molecule has 118 valence electrons. The van der Waals surface area contributed by atoms with E-state index in [0.717, 1.165) is 6.42 Å². The lowest BCUT2D eigenvalue weighted by Gasteiger charge is -2.40. The van der Waals surface area contributed by atoms with E-state index in [0.29, 0.717) is 28.7 Å². The molecule has 2 heterocycles. The van der Waals surface area contributed by atoms with Crippen molar-refractivity contribution in [3.05, 3.63) is 28.2 Å². The van der Waals surface area contributed by atoms with Crippen molar-refractivity contribution >= 4 is 40.8 Å². The van der Waals surface area contributed by atoms with Gasteiger partial charge >= 0.3 is 6.03 Å². The molecule has 22 heavy (non-hydrogen) atoms. The molecule has 3 rings (SSSR count). The molecule has 2 aliphatic heterocycles. The van der Waals surface area contributed by atoms with Crippen LogP contribution in [0.25, 0.3) is 0 Å². The summed E-state index contributed by atoms with van der Waals surface area (Å²) in [6.45, 7) is 6.62.